The second kappa shape index (κ2) is 6.16. The van der Waals surface area contributed by atoms with E-state index in [9.17, 15) is 8.42 Å². The highest BCUT2D eigenvalue weighted by atomic mass is 32.2. The monoisotopic (exact) mass is 360 g/mol. The molecule has 7 heteroatoms. The van der Waals surface area contributed by atoms with Gasteiger partial charge in [-0.25, -0.2) is 13.4 Å². The molecule has 124 valence electrons. The summed E-state index contributed by atoms with van der Waals surface area (Å²) in [5.41, 5.74) is 0.871. The molecular formula is C17H16N2O3S2. The molecule has 1 aliphatic heterocycles. The quantitative estimate of drug-likeness (QED) is 0.717. The van der Waals surface area contributed by atoms with Crippen LogP contribution in [-0.2, 0) is 10.0 Å². The first-order valence-corrected chi connectivity index (χ1v) is 10.0. The highest BCUT2D eigenvalue weighted by molar-refractivity contribution is 7.91. The van der Waals surface area contributed by atoms with Crippen LogP contribution in [0.15, 0.2) is 58.1 Å². The standard InChI is InChI=1S/C17H16N2O3S2/c20-24(21,17-6-3-11-23-17)19-10-9-14(12-19)22-16-8-7-13-4-1-2-5-15(13)18-16/h1-8,11,14H,9-10,12H2. The van der Waals surface area contributed by atoms with Gasteiger partial charge in [0.1, 0.15) is 10.3 Å². The Morgan fingerprint density at radius 2 is 2.00 bits per heavy atom. The van der Waals surface area contributed by atoms with Crippen LogP contribution in [0.25, 0.3) is 10.9 Å². The summed E-state index contributed by atoms with van der Waals surface area (Å²) in [4.78, 5) is 4.49. The fourth-order valence-corrected chi connectivity index (χ4v) is 5.46. The average molecular weight is 360 g/mol. The summed E-state index contributed by atoms with van der Waals surface area (Å²) in [6.07, 6.45) is 0.493. The first-order valence-electron chi connectivity index (χ1n) is 7.69. The predicted molar refractivity (Wildman–Crippen MR) is 93.9 cm³/mol. The molecular weight excluding hydrogens is 344 g/mol. The van der Waals surface area contributed by atoms with E-state index in [1.54, 1.807) is 17.5 Å². The van der Waals surface area contributed by atoms with E-state index in [-0.39, 0.29) is 6.10 Å². The summed E-state index contributed by atoms with van der Waals surface area (Å²) in [7, 11) is -3.40. The lowest BCUT2D eigenvalue weighted by Gasteiger charge is -2.16. The third-order valence-electron chi connectivity index (χ3n) is 4.06. The number of fused-ring (bicyclic) bond motifs is 1. The van der Waals surface area contributed by atoms with Gasteiger partial charge in [0.25, 0.3) is 10.0 Å². The number of nitrogens with zero attached hydrogens (tertiary/aromatic N) is 2. The number of benzene rings is 1. The van der Waals surface area contributed by atoms with Crippen LogP contribution in [0.4, 0.5) is 0 Å². The van der Waals surface area contributed by atoms with Crippen LogP contribution in [0.5, 0.6) is 5.88 Å². The van der Waals surface area contributed by atoms with Crippen LogP contribution in [0.2, 0.25) is 0 Å². The molecule has 1 saturated heterocycles. The fraction of sp³-hybridized carbons (Fsp3) is 0.235. The highest BCUT2D eigenvalue weighted by Gasteiger charge is 2.34. The van der Waals surface area contributed by atoms with Crippen LogP contribution in [0.1, 0.15) is 6.42 Å². The van der Waals surface area contributed by atoms with Gasteiger partial charge < -0.3 is 4.74 Å². The molecule has 2 aromatic heterocycles. The van der Waals surface area contributed by atoms with Crippen molar-refractivity contribution in [2.75, 3.05) is 13.1 Å². The third-order valence-corrected chi connectivity index (χ3v) is 7.30. The van der Waals surface area contributed by atoms with Crippen molar-refractivity contribution in [1.29, 1.82) is 0 Å². The van der Waals surface area contributed by atoms with E-state index in [2.05, 4.69) is 4.98 Å². The fourth-order valence-electron chi connectivity index (χ4n) is 2.83. The molecule has 0 saturated carbocycles. The molecule has 0 amide bonds. The van der Waals surface area contributed by atoms with E-state index in [4.69, 9.17) is 4.74 Å². The Kier molecular flexibility index (Phi) is 3.99. The number of sulfonamides is 1. The number of para-hydroxylation sites is 1. The summed E-state index contributed by atoms with van der Waals surface area (Å²) in [5.74, 6) is 0.536. The van der Waals surface area contributed by atoms with Crippen molar-refractivity contribution < 1.29 is 13.2 Å². The second-order valence-corrected chi connectivity index (χ2v) is 8.78. The molecule has 4 rings (SSSR count). The Morgan fingerprint density at radius 3 is 2.83 bits per heavy atom. The first kappa shape index (κ1) is 15.6. The van der Waals surface area contributed by atoms with Gasteiger partial charge in [-0.15, -0.1) is 11.3 Å². The number of hydrogen-bond donors (Lipinski definition) is 0. The lowest BCUT2D eigenvalue weighted by atomic mass is 10.2. The molecule has 5 nitrogen and oxygen atoms in total. The summed E-state index contributed by atoms with van der Waals surface area (Å²) in [6, 6.07) is 15.0. The molecule has 0 bridgehead atoms. The van der Waals surface area contributed by atoms with Gasteiger partial charge in [-0.1, -0.05) is 24.3 Å². The maximum Gasteiger partial charge on any atom is 0.252 e. The molecule has 1 unspecified atom stereocenters. The maximum absolute atomic E-state index is 12.5. The van der Waals surface area contributed by atoms with Gasteiger partial charge in [0, 0.05) is 18.0 Å². The van der Waals surface area contributed by atoms with Crippen LogP contribution in [0, 0.1) is 0 Å². The second-order valence-electron chi connectivity index (χ2n) is 5.67. The Balaban J connectivity index is 1.48. The van der Waals surface area contributed by atoms with E-state index in [1.165, 1.54) is 15.6 Å². The minimum absolute atomic E-state index is 0.173. The number of pyridine rings is 1. The molecule has 1 fully saturated rings. The lowest BCUT2D eigenvalue weighted by molar-refractivity contribution is 0.207. The van der Waals surface area contributed by atoms with Gasteiger partial charge in [0.2, 0.25) is 5.88 Å². The first-order chi connectivity index (χ1) is 11.6. The molecule has 3 heterocycles. The van der Waals surface area contributed by atoms with Gasteiger partial charge in [0.05, 0.1) is 12.1 Å². The van der Waals surface area contributed by atoms with Crippen molar-refractivity contribution in [3.63, 3.8) is 0 Å². The zero-order chi connectivity index (χ0) is 16.6. The Morgan fingerprint density at radius 1 is 1.12 bits per heavy atom. The smallest absolute Gasteiger partial charge is 0.252 e. The molecule has 3 aromatic rings. The average Bonchev–Trinajstić information content (AvgIpc) is 3.27. The van der Waals surface area contributed by atoms with Crippen LogP contribution < -0.4 is 4.74 Å². The van der Waals surface area contributed by atoms with Crippen molar-refractivity contribution >= 4 is 32.3 Å². The number of thiophene rings is 1. The number of rotatable bonds is 4. The van der Waals surface area contributed by atoms with Crippen LogP contribution >= 0.6 is 11.3 Å². The topological polar surface area (TPSA) is 59.5 Å². The summed E-state index contributed by atoms with van der Waals surface area (Å²) >= 11 is 1.24. The normalized spacial score (nSPS) is 18.9. The van der Waals surface area contributed by atoms with E-state index >= 15 is 0 Å². The van der Waals surface area contributed by atoms with E-state index in [0.29, 0.717) is 29.6 Å². The number of ether oxygens (including phenoxy) is 1. The summed E-state index contributed by atoms with van der Waals surface area (Å²) in [5, 5.41) is 2.83. The van der Waals surface area contributed by atoms with Gasteiger partial charge in [-0.3, -0.25) is 0 Å². The van der Waals surface area contributed by atoms with E-state index in [0.717, 1.165) is 10.9 Å². The van der Waals surface area contributed by atoms with Crippen LogP contribution in [0.3, 0.4) is 0 Å². The molecule has 1 aromatic carbocycles. The zero-order valence-corrected chi connectivity index (χ0v) is 14.5. The van der Waals surface area contributed by atoms with Crippen molar-refractivity contribution in [1.82, 2.24) is 9.29 Å². The Labute approximate surface area is 144 Å². The SMILES string of the molecule is O=S(=O)(c1cccs1)N1CCC(Oc2ccc3ccccc3n2)C1. The molecule has 24 heavy (non-hydrogen) atoms. The minimum Gasteiger partial charge on any atom is -0.473 e. The number of aromatic nitrogens is 1. The molecule has 1 atom stereocenters. The van der Waals surface area contributed by atoms with E-state index < -0.39 is 10.0 Å². The molecule has 0 N–H and O–H groups in total. The van der Waals surface area contributed by atoms with Gasteiger partial charge in [-0.2, -0.15) is 4.31 Å². The van der Waals surface area contributed by atoms with Crippen molar-refractivity contribution in [3.8, 4) is 5.88 Å². The van der Waals surface area contributed by atoms with Crippen LogP contribution in [-0.4, -0.2) is 36.9 Å². The van der Waals surface area contributed by atoms with Crippen molar-refractivity contribution in [3.05, 3.63) is 53.9 Å². The molecule has 1 aliphatic rings. The van der Waals surface area contributed by atoms with Gasteiger partial charge in [0.15, 0.2) is 0 Å². The molecule has 0 radical (unpaired) electrons. The number of hydrogen-bond acceptors (Lipinski definition) is 5. The van der Waals surface area contributed by atoms with Crippen molar-refractivity contribution in [2.45, 2.75) is 16.7 Å². The van der Waals surface area contributed by atoms with Gasteiger partial charge >= 0.3 is 0 Å². The molecule has 0 spiro atoms. The van der Waals surface area contributed by atoms with Gasteiger partial charge in [-0.05, 0) is 30.0 Å². The lowest BCUT2D eigenvalue weighted by Crippen LogP contribution is -2.30. The molecule has 0 aliphatic carbocycles. The minimum atomic E-state index is -3.40. The highest BCUT2D eigenvalue weighted by Crippen LogP contribution is 2.26. The predicted octanol–water partition coefficient (Wildman–Crippen LogP) is 3.14. The van der Waals surface area contributed by atoms with Crippen molar-refractivity contribution in [2.24, 2.45) is 0 Å². The maximum atomic E-state index is 12.5. The van der Waals surface area contributed by atoms with E-state index in [1.807, 2.05) is 36.4 Å². The zero-order valence-electron chi connectivity index (χ0n) is 12.8. The summed E-state index contributed by atoms with van der Waals surface area (Å²) < 4.78 is 32.9. The summed E-state index contributed by atoms with van der Waals surface area (Å²) in [6.45, 7) is 0.827. The Hall–Kier alpha value is -1.96. The largest absolute Gasteiger partial charge is 0.473 e. The Bertz CT molecular complexity index is 955. The third kappa shape index (κ3) is 2.90.